The highest BCUT2D eigenvalue weighted by molar-refractivity contribution is 5.98. The summed E-state index contributed by atoms with van der Waals surface area (Å²) in [6.45, 7) is 18.5. The van der Waals surface area contributed by atoms with E-state index in [0.29, 0.717) is 16.9 Å². The highest BCUT2D eigenvalue weighted by Crippen LogP contribution is 2.58. The molecule has 2 aliphatic rings. The molecule has 1 fully saturated rings. The molecule has 0 spiro atoms. The van der Waals surface area contributed by atoms with Crippen molar-refractivity contribution in [3.8, 4) is 11.5 Å². The quantitative estimate of drug-likeness (QED) is 0.254. The van der Waals surface area contributed by atoms with Crippen LogP contribution in [0.25, 0.3) is 0 Å². The zero-order valence-electron chi connectivity index (χ0n) is 29.2. The molecule has 5 rings (SSSR count). The average molecular weight is 626 g/mol. The maximum atomic E-state index is 14.1. The van der Waals surface area contributed by atoms with Crippen LogP contribution in [-0.2, 0) is 20.2 Å². The number of carbonyl (C=O) groups excluding carboxylic acids is 1. The van der Waals surface area contributed by atoms with E-state index in [1.807, 2.05) is 36.4 Å². The van der Waals surface area contributed by atoms with Crippen molar-refractivity contribution in [2.75, 3.05) is 5.32 Å². The van der Waals surface area contributed by atoms with Crippen LogP contribution in [0.5, 0.6) is 11.5 Å². The lowest BCUT2D eigenvalue weighted by Crippen LogP contribution is -2.52. The highest BCUT2D eigenvalue weighted by atomic mass is 28.2. The van der Waals surface area contributed by atoms with Gasteiger partial charge in [0.25, 0.3) is 0 Å². The second kappa shape index (κ2) is 12.7. The summed E-state index contributed by atoms with van der Waals surface area (Å²) in [4.78, 5) is 14.1. The molecule has 2 atom stereocenters. The van der Waals surface area contributed by atoms with Gasteiger partial charge >= 0.3 is 0 Å². The van der Waals surface area contributed by atoms with Crippen molar-refractivity contribution in [3.63, 3.8) is 0 Å². The Labute approximate surface area is 275 Å². The van der Waals surface area contributed by atoms with Crippen molar-refractivity contribution < 1.29 is 14.0 Å². The summed E-state index contributed by atoms with van der Waals surface area (Å²) < 4.78 is 13.0. The fraction of sp³-hybridized carbons (Fsp3) is 0.525. The standard InChI is InChI=1S/C40H55NO3Si/c1-37(2,3)32-23-22-28(40(8,44-45)39(7,38(4,5)6)26-27-16-10-9-11-17-27)24-33(32)41-36(42)25-31-29-18-12-14-20-34(29)43-35-21-15-13-19-30(31)35/h12-15,18-24,27,31H,9-11,16-17,25-26H2,1-8,45H3,(H,41,42). The monoisotopic (exact) mass is 625 g/mol. The molecule has 0 aromatic heterocycles. The molecule has 3 aromatic carbocycles. The molecule has 242 valence electrons. The summed E-state index contributed by atoms with van der Waals surface area (Å²) in [6.07, 6.45) is 8.13. The normalized spacial score (nSPS) is 18.7. The number of anilines is 1. The lowest BCUT2D eigenvalue weighted by molar-refractivity contribution is -0.119. The van der Waals surface area contributed by atoms with Gasteiger partial charge in [0.05, 0.1) is 5.60 Å². The number of rotatable bonds is 8. The number of hydrogen-bond acceptors (Lipinski definition) is 3. The average Bonchev–Trinajstić information content (AvgIpc) is 2.99. The summed E-state index contributed by atoms with van der Waals surface area (Å²) in [7, 11) is 0.624. The molecule has 2 unspecified atom stereocenters. The molecule has 5 heteroatoms. The number of nitrogens with one attached hydrogen (secondary N) is 1. The van der Waals surface area contributed by atoms with Gasteiger partial charge in [0.2, 0.25) is 5.91 Å². The lowest BCUT2D eigenvalue weighted by Gasteiger charge is -2.56. The summed E-state index contributed by atoms with van der Waals surface area (Å²) >= 11 is 0. The van der Waals surface area contributed by atoms with E-state index in [1.165, 1.54) is 32.1 Å². The third-order valence-electron chi connectivity index (χ3n) is 11.4. The molecule has 0 saturated heterocycles. The second-order valence-electron chi connectivity index (χ2n) is 16.0. The smallest absolute Gasteiger partial charge is 0.225 e. The third kappa shape index (κ3) is 6.53. The maximum absolute atomic E-state index is 14.1. The van der Waals surface area contributed by atoms with Crippen LogP contribution in [0.4, 0.5) is 5.69 Å². The van der Waals surface area contributed by atoms with Gasteiger partial charge in [-0.05, 0) is 59.4 Å². The van der Waals surface area contributed by atoms with Crippen molar-refractivity contribution in [2.24, 2.45) is 16.7 Å². The van der Waals surface area contributed by atoms with E-state index >= 15 is 0 Å². The van der Waals surface area contributed by atoms with Crippen molar-refractivity contribution in [3.05, 3.63) is 89.0 Å². The van der Waals surface area contributed by atoms with Gasteiger partial charge in [-0.3, -0.25) is 4.79 Å². The molecule has 1 N–H and O–H groups in total. The van der Waals surface area contributed by atoms with Crippen molar-refractivity contribution in [1.82, 2.24) is 0 Å². The van der Waals surface area contributed by atoms with Gasteiger partial charge in [0.1, 0.15) is 22.0 Å². The molecule has 3 aromatic rings. The Morgan fingerprint density at radius 2 is 1.42 bits per heavy atom. The van der Waals surface area contributed by atoms with Gasteiger partial charge in [-0.15, -0.1) is 0 Å². The molecule has 45 heavy (non-hydrogen) atoms. The number of fused-ring (bicyclic) bond motifs is 2. The van der Waals surface area contributed by atoms with E-state index in [9.17, 15) is 4.79 Å². The summed E-state index contributed by atoms with van der Waals surface area (Å²) in [6, 6.07) is 22.9. The van der Waals surface area contributed by atoms with Crippen LogP contribution in [0, 0.1) is 16.7 Å². The fourth-order valence-electron chi connectivity index (χ4n) is 8.06. The maximum Gasteiger partial charge on any atom is 0.225 e. The van der Waals surface area contributed by atoms with Gasteiger partial charge in [0, 0.05) is 34.6 Å². The van der Waals surface area contributed by atoms with Crippen molar-refractivity contribution in [1.29, 1.82) is 0 Å². The van der Waals surface area contributed by atoms with E-state index in [2.05, 4.69) is 91.0 Å². The van der Waals surface area contributed by atoms with E-state index < -0.39 is 5.60 Å². The number of hydrogen-bond donors (Lipinski definition) is 1. The first-order valence-electron chi connectivity index (χ1n) is 17.0. The van der Waals surface area contributed by atoms with E-state index in [4.69, 9.17) is 9.16 Å². The Kier molecular flexibility index (Phi) is 9.46. The number of benzene rings is 3. The zero-order valence-corrected chi connectivity index (χ0v) is 31.2. The summed E-state index contributed by atoms with van der Waals surface area (Å²) in [5.41, 5.74) is 4.54. The molecule has 1 saturated carbocycles. The van der Waals surface area contributed by atoms with Gasteiger partial charge in [0.15, 0.2) is 0 Å². The number of ether oxygens (including phenoxy) is 1. The molecule has 0 bridgehead atoms. The Morgan fingerprint density at radius 3 is 1.96 bits per heavy atom. The Morgan fingerprint density at radius 1 is 0.844 bits per heavy atom. The SMILES string of the molecule is CC(C)(C)c1ccc(C(C)(O[SiH3])C(C)(CC2CCCCC2)C(C)(C)C)cc1NC(=O)CC1c2ccccc2Oc2ccccc21. The van der Waals surface area contributed by atoms with Crippen LogP contribution in [0.3, 0.4) is 0 Å². The number of amides is 1. The van der Waals surface area contributed by atoms with Gasteiger partial charge in [-0.1, -0.05) is 129 Å². The Hall–Kier alpha value is -2.89. The molecule has 1 amide bonds. The summed E-state index contributed by atoms with van der Waals surface area (Å²) in [5, 5.41) is 3.41. The first-order chi connectivity index (χ1) is 21.2. The lowest BCUT2D eigenvalue weighted by atomic mass is 9.53. The molecule has 1 aliphatic carbocycles. The minimum atomic E-state index is -0.497. The second-order valence-corrected chi connectivity index (χ2v) is 16.4. The fourth-order valence-corrected chi connectivity index (χ4v) is 8.75. The van der Waals surface area contributed by atoms with Gasteiger partial charge in [-0.2, -0.15) is 0 Å². The molecule has 1 aliphatic heterocycles. The number of carbonyl (C=O) groups is 1. The highest BCUT2D eigenvalue weighted by Gasteiger charge is 2.53. The van der Waals surface area contributed by atoms with Crippen LogP contribution >= 0.6 is 0 Å². The van der Waals surface area contributed by atoms with Crippen LogP contribution in [-0.4, -0.2) is 16.4 Å². The van der Waals surface area contributed by atoms with E-state index in [1.54, 1.807) is 0 Å². The van der Waals surface area contributed by atoms with Crippen LogP contribution in [0.15, 0.2) is 66.7 Å². The Balaban J connectivity index is 1.51. The summed E-state index contributed by atoms with van der Waals surface area (Å²) in [5.74, 6) is 2.29. The van der Waals surface area contributed by atoms with E-state index in [0.717, 1.165) is 51.8 Å². The predicted molar refractivity (Wildman–Crippen MR) is 190 cm³/mol. The van der Waals surface area contributed by atoms with Crippen LogP contribution in [0.2, 0.25) is 0 Å². The van der Waals surface area contributed by atoms with Crippen molar-refractivity contribution in [2.45, 2.75) is 117 Å². The first kappa shape index (κ1) is 33.5. The first-order valence-corrected chi connectivity index (χ1v) is 17.9. The molecular weight excluding hydrogens is 571 g/mol. The van der Waals surface area contributed by atoms with Crippen LogP contribution < -0.4 is 10.1 Å². The zero-order chi connectivity index (χ0) is 32.6. The molecule has 1 heterocycles. The molecule has 4 nitrogen and oxygen atoms in total. The minimum Gasteiger partial charge on any atom is -0.457 e. The predicted octanol–water partition coefficient (Wildman–Crippen LogP) is 9.79. The van der Waals surface area contributed by atoms with Crippen molar-refractivity contribution >= 4 is 22.1 Å². The molecule has 0 radical (unpaired) electrons. The topological polar surface area (TPSA) is 47.6 Å². The van der Waals surface area contributed by atoms with Crippen LogP contribution in [0.1, 0.15) is 129 Å². The minimum absolute atomic E-state index is 0.00318. The molecular formula is C40H55NO3Si. The Bertz CT molecular complexity index is 1470. The largest absolute Gasteiger partial charge is 0.457 e. The third-order valence-corrected chi connectivity index (χ3v) is 12.2. The van der Waals surface area contributed by atoms with Gasteiger partial charge < -0.3 is 14.5 Å². The number of para-hydroxylation sites is 2. The van der Waals surface area contributed by atoms with Gasteiger partial charge in [-0.25, -0.2) is 0 Å². The van der Waals surface area contributed by atoms with E-state index in [-0.39, 0.29) is 28.1 Å².